The molecule has 0 radical (unpaired) electrons. The first-order chi connectivity index (χ1) is 7.85. The van der Waals surface area contributed by atoms with E-state index in [-0.39, 0.29) is 12.0 Å². The number of ether oxygens (including phenoxy) is 1. The number of rotatable bonds is 0. The van der Waals surface area contributed by atoms with Crippen LogP contribution in [0.25, 0.3) is 0 Å². The second-order valence-corrected chi connectivity index (χ2v) is 5.13. The van der Waals surface area contributed by atoms with Crippen molar-refractivity contribution >= 4 is 24.1 Å². The fraction of sp³-hybridized carbons (Fsp3) is 0.636. The van der Waals surface area contributed by atoms with E-state index in [1.807, 2.05) is 20.8 Å². The molecule has 17 heavy (non-hydrogen) atoms. The highest BCUT2D eigenvalue weighted by molar-refractivity contribution is 6.12. The van der Waals surface area contributed by atoms with E-state index in [2.05, 4.69) is 9.98 Å². The molecule has 0 aliphatic carbocycles. The number of hydrogen-bond donors (Lipinski definition) is 0. The zero-order valence-corrected chi connectivity index (χ0v) is 10.1. The lowest BCUT2D eigenvalue weighted by atomic mass is 10.1. The number of urea groups is 1. The lowest BCUT2D eigenvalue weighted by Crippen LogP contribution is -2.35. The van der Waals surface area contributed by atoms with Gasteiger partial charge in [0.15, 0.2) is 0 Å². The summed E-state index contributed by atoms with van der Waals surface area (Å²) in [6, 6.07) is -0.498. The van der Waals surface area contributed by atoms with Crippen LogP contribution >= 0.6 is 0 Å². The molecule has 2 rings (SSSR count). The van der Waals surface area contributed by atoms with E-state index in [1.165, 1.54) is 0 Å². The normalized spacial score (nSPS) is 23.5. The first kappa shape index (κ1) is 11.8. The molecule has 0 aromatic heterocycles. The molecule has 0 spiro atoms. The Bertz CT molecular complexity index is 420. The van der Waals surface area contributed by atoms with Gasteiger partial charge in [-0.1, -0.05) is 0 Å². The number of likely N-dealkylation sites (tertiary alicyclic amines) is 1. The van der Waals surface area contributed by atoms with Gasteiger partial charge in [-0.05, 0) is 20.8 Å². The Morgan fingerprint density at radius 3 is 2.88 bits per heavy atom. The average molecular weight is 237 g/mol. The molecule has 0 saturated carbocycles. The minimum atomic E-state index is -0.517. The Balaban J connectivity index is 2.03. The molecule has 6 nitrogen and oxygen atoms in total. The topological polar surface area (TPSA) is 71.3 Å². The second-order valence-electron chi connectivity index (χ2n) is 5.13. The monoisotopic (exact) mass is 237 g/mol. The van der Waals surface area contributed by atoms with E-state index in [9.17, 15) is 9.59 Å². The van der Waals surface area contributed by atoms with Gasteiger partial charge in [-0.3, -0.25) is 0 Å². The van der Waals surface area contributed by atoms with Crippen molar-refractivity contribution in [1.82, 2.24) is 4.90 Å². The summed E-state index contributed by atoms with van der Waals surface area (Å²) in [5.74, 6) is -0.0415. The van der Waals surface area contributed by atoms with E-state index >= 15 is 0 Å². The fourth-order valence-electron chi connectivity index (χ4n) is 1.74. The summed E-state index contributed by atoms with van der Waals surface area (Å²) in [5.41, 5.74) is 0.173. The number of carbonyl (C=O) groups excluding carboxylic acids is 2. The van der Waals surface area contributed by atoms with Crippen molar-refractivity contribution in [2.45, 2.75) is 26.4 Å². The average Bonchev–Trinajstić information content (AvgIpc) is 2.57. The molecule has 1 unspecified atom stereocenters. The predicted molar refractivity (Wildman–Crippen MR) is 62.6 cm³/mol. The highest BCUT2D eigenvalue weighted by Gasteiger charge is 2.35. The van der Waals surface area contributed by atoms with Crippen molar-refractivity contribution in [3.63, 3.8) is 0 Å². The molecule has 2 heterocycles. The van der Waals surface area contributed by atoms with Gasteiger partial charge < -0.3 is 9.64 Å². The maximum atomic E-state index is 11.8. The molecule has 0 N–H and O–H groups in total. The van der Waals surface area contributed by atoms with Gasteiger partial charge in [0, 0.05) is 12.8 Å². The van der Waals surface area contributed by atoms with E-state index in [1.54, 1.807) is 11.1 Å². The molecule has 92 valence electrons. The van der Waals surface area contributed by atoms with Gasteiger partial charge in [-0.2, -0.15) is 4.99 Å². The Kier molecular flexibility index (Phi) is 2.73. The van der Waals surface area contributed by atoms with Crippen LogP contribution in [0.3, 0.4) is 0 Å². The van der Waals surface area contributed by atoms with Crippen molar-refractivity contribution in [3.05, 3.63) is 0 Å². The third-order valence-corrected chi connectivity index (χ3v) is 2.45. The summed E-state index contributed by atoms with van der Waals surface area (Å²) in [6.45, 7) is 6.27. The first-order valence-electron chi connectivity index (χ1n) is 5.49. The first-order valence-corrected chi connectivity index (χ1v) is 5.49. The van der Waals surface area contributed by atoms with Crippen LogP contribution in [0, 0.1) is 5.92 Å². The minimum Gasteiger partial charge on any atom is -0.444 e. The smallest absolute Gasteiger partial charge is 0.410 e. The molecule has 1 saturated heterocycles. The van der Waals surface area contributed by atoms with Crippen molar-refractivity contribution in [1.29, 1.82) is 0 Å². The summed E-state index contributed by atoms with van der Waals surface area (Å²) in [6.07, 6.45) is 1.17. The van der Waals surface area contributed by atoms with Gasteiger partial charge in [-0.15, -0.1) is 0 Å². The van der Waals surface area contributed by atoms with Crippen molar-refractivity contribution in [2.75, 3.05) is 13.1 Å². The predicted octanol–water partition coefficient (Wildman–Crippen LogP) is 1.50. The summed E-state index contributed by atoms with van der Waals surface area (Å²) < 4.78 is 5.26. The number of aliphatic imine (C=N–C) groups is 2. The van der Waals surface area contributed by atoms with Crippen LogP contribution in [0.5, 0.6) is 0 Å². The van der Waals surface area contributed by atoms with Crippen LogP contribution in [-0.2, 0) is 4.74 Å². The van der Waals surface area contributed by atoms with Gasteiger partial charge >= 0.3 is 12.1 Å². The van der Waals surface area contributed by atoms with Gasteiger partial charge in [0.25, 0.3) is 0 Å². The molecular formula is C11H15N3O3. The largest absolute Gasteiger partial charge is 0.444 e. The Labute approximate surface area is 99.4 Å². The summed E-state index contributed by atoms with van der Waals surface area (Å²) in [5, 5.41) is 0. The minimum absolute atomic E-state index is 0.0415. The summed E-state index contributed by atoms with van der Waals surface area (Å²) in [4.78, 5) is 31.8. The van der Waals surface area contributed by atoms with Crippen LogP contribution in [0.2, 0.25) is 0 Å². The van der Waals surface area contributed by atoms with Gasteiger partial charge in [0.1, 0.15) is 5.60 Å². The third-order valence-electron chi connectivity index (χ3n) is 2.45. The maximum absolute atomic E-state index is 11.8. The SMILES string of the molecule is CC(C)(C)OC(=O)N1CC2=NC(=O)N=CC2C1. The second kappa shape index (κ2) is 3.94. The van der Waals surface area contributed by atoms with Crippen LogP contribution in [0.15, 0.2) is 9.98 Å². The van der Waals surface area contributed by atoms with Crippen LogP contribution < -0.4 is 0 Å². The molecule has 1 fully saturated rings. The van der Waals surface area contributed by atoms with Gasteiger partial charge in [0.05, 0.1) is 18.2 Å². The van der Waals surface area contributed by atoms with Crippen LogP contribution in [0.4, 0.5) is 9.59 Å². The molecule has 0 aromatic rings. The standard InChI is InChI=1S/C11H15N3O3/c1-11(2,3)17-10(16)14-5-7-4-12-9(15)13-8(7)6-14/h4,7H,5-6H2,1-3H3. The summed E-state index contributed by atoms with van der Waals surface area (Å²) >= 11 is 0. The Morgan fingerprint density at radius 2 is 2.24 bits per heavy atom. The Morgan fingerprint density at radius 1 is 1.53 bits per heavy atom. The molecule has 6 heteroatoms. The van der Waals surface area contributed by atoms with E-state index in [4.69, 9.17) is 4.74 Å². The molecule has 2 aliphatic heterocycles. The van der Waals surface area contributed by atoms with Crippen LogP contribution in [-0.4, -0.2) is 47.6 Å². The molecule has 3 amide bonds. The summed E-state index contributed by atoms with van der Waals surface area (Å²) in [7, 11) is 0. The van der Waals surface area contributed by atoms with E-state index in [0.717, 1.165) is 0 Å². The Hall–Kier alpha value is -1.72. The van der Waals surface area contributed by atoms with E-state index < -0.39 is 11.6 Å². The van der Waals surface area contributed by atoms with Crippen molar-refractivity contribution in [3.8, 4) is 0 Å². The third kappa shape index (κ3) is 2.69. The lowest BCUT2D eigenvalue weighted by Gasteiger charge is -2.23. The van der Waals surface area contributed by atoms with E-state index in [0.29, 0.717) is 18.8 Å². The number of carbonyl (C=O) groups is 2. The zero-order valence-electron chi connectivity index (χ0n) is 10.1. The molecule has 2 aliphatic rings. The number of nitrogens with zero attached hydrogens (tertiary/aromatic N) is 3. The molecular weight excluding hydrogens is 222 g/mol. The quantitative estimate of drug-likeness (QED) is 0.641. The van der Waals surface area contributed by atoms with Crippen molar-refractivity contribution < 1.29 is 14.3 Å². The maximum Gasteiger partial charge on any atom is 0.410 e. The zero-order chi connectivity index (χ0) is 12.6. The highest BCUT2D eigenvalue weighted by Crippen LogP contribution is 2.19. The molecule has 1 atom stereocenters. The van der Waals surface area contributed by atoms with Crippen molar-refractivity contribution in [2.24, 2.45) is 15.9 Å². The molecule has 0 bridgehead atoms. The van der Waals surface area contributed by atoms with Crippen LogP contribution in [0.1, 0.15) is 20.8 Å². The van der Waals surface area contributed by atoms with Gasteiger partial charge in [0.2, 0.25) is 0 Å². The number of hydrogen-bond acceptors (Lipinski definition) is 3. The number of fused-ring (bicyclic) bond motifs is 1. The fourth-order valence-corrected chi connectivity index (χ4v) is 1.74. The highest BCUT2D eigenvalue weighted by atomic mass is 16.6. The molecule has 0 aromatic carbocycles. The number of amides is 3. The van der Waals surface area contributed by atoms with Gasteiger partial charge in [-0.25, -0.2) is 14.6 Å². The lowest BCUT2D eigenvalue weighted by molar-refractivity contribution is 0.0298.